The Bertz CT molecular complexity index is 983. The van der Waals surface area contributed by atoms with Gasteiger partial charge in [-0.2, -0.15) is 0 Å². The predicted molar refractivity (Wildman–Crippen MR) is 129 cm³/mol. The van der Waals surface area contributed by atoms with Gasteiger partial charge in [-0.15, -0.1) is 11.8 Å². The van der Waals surface area contributed by atoms with Crippen molar-refractivity contribution in [1.82, 2.24) is 20.4 Å². The third-order valence-corrected chi connectivity index (χ3v) is 6.72. The Morgan fingerprint density at radius 1 is 1.12 bits per heavy atom. The van der Waals surface area contributed by atoms with Crippen molar-refractivity contribution in [2.75, 3.05) is 19.6 Å². The van der Waals surface area contributed by atoms with Crippen LogP contribution in [0.25, 0.3) is 0 Å². The van der Waals surface area contributed by atoms with Crippen LogP contribution in [0.15, 0.2) is 58.2 Å². The highest BCUT2D eigenvalue weighted by atomic mass is 32.2. The lowest BCUT2D eigenvalue weighted by Crippen LogP contribution is -2.45. The van der Waals surface area contributed by atoms with E-state index in [9.17, 15) is 4.79 Å². The number of hydrogen-bond acceptors (Lipinski definition) is 6. The quantitative estimate of drug-likeness (QED) is 0.427. The van der Waals surface area contributed by atoms with Gasteiger partial charge in [0.2, 0.25) is 0 Å². The number of benzene rings is 1. The summed E-state index contributed by atoms with van der Waals surface area (Å²) in [7, 11) is 0. The van der Waals surface area contributed by atoms with Crippen LogP contribution in [0.1, 0.15) is 46.8 Å². The Morgan fingerprint density at radius 3 is 2.53 bits per heavy atom. The summed E-state index contributed by atoms with van der Waals surface area (Å²) in [6, 6.07) is 14.3. The topological polar surface area (TPSA) is 71.3 Å². The normalized spacial score (nSPS) is 12.2. The van der Waals surface area contributed by atoms with Gasteiger partial charge >= 0.3 is 0 Å². The third kappa shape index (κ3) is 6.20. The van der Waals surface area contributed by atoms with E-state index in [1.807, 2.05) is 26.0 Å². The summed E-state index contributed by atoms with van der Waals surface area (Å²) >= 11 is 1.53. The molecule has 32 heavy (non-hydrogen) atoms. The second-order valence-electron chi connectivity index (χ2n) is 7.72. The smallest absolute Gasteiger partial charge is 0.254 e. The maximum atomic E-state index is 13.1. The van der Waals surface area contributed by atoms with Crippen molar-refractivity contribution >= 4 is 17.7 Å². The number of likely N-dealkylation sites (N-methyl/N-ethyl adjacent to an activating group) is 1. The van der Waals surface area contributed by atoms with Gasteiger partial charge in [0.25, 0.3) is 5.91 Å². The number of carbonyl (C=O) groups excluding carboxylic acids is 1. The molecule has 0 saturated carbocycles. The monoisotopic (exact) mass is 452 g/mol. The number of carbonyl (C=O) groups is 1. The van der Waals surface area contributed by atoms with Crippen LogP contribution >= 0.6 is 11.8 Å². The number of thioether (sulfide) groups is 1. The SMILES string of the molecule is CCN(CC)C(CNC(=O)c1cccnc1SCc1c(C)noc1C)Cc1ccccc1. The molecule has 6 nitrogen and oxygen atoms in total. The van der Waals surface area contributed by atoms with Crippen molar-refractivity contribution in [1.29, 1.82) is 0 Å². The Morgan fingerprint density at radius 2 is 1.88 bits per heavy atom. The molecular weight excluding hydrogens is 420 g/mol. The number of amides is 1. The molecule has 1 amide bonds. The molecule has 170 valence electrons. The zero-order chi connectivity index (χ0) is 22.9. The largest absolute Gasteiger partial charge is 0.361 e. The lowest BCUT2D eigenvalue weighted by Gasteiger charge is -2.30. The van der Waals surface area contributed by atoms with Crippen LogP contribution in [0, 0.1) is 13.8 Å². The molecule has 1 N–H and O–H groups in total. The first kappa shape index (κ1) is 24.0. The molecule has 3 aromatic rings. The standard InChI is InChI=1S/C25H32N4O2S/c1-5-29(6-2)21(15-20-11-8-7-9-12-20)16-27-24(30)22-13-10-14-26-25(22)32-17-23-18(3)28-31-19(23)4/h7-14,21H,5-6,15-17H2,1-4H3,(H,27,30). The van der Waals surface area contributed by atoms with Crippen molar-refractivity contribution in [2.45, 2.75) is 50.9 Å². The van der Waals surface area contributed by atoms with E-state index in [2.05, 4.69) is 58.5 Å². The minimum atomic E-state index is -0.0930. The molecule has 0 aliphatic carbocycles. The van der Waals surface area contributed by atoms with E-state index in [4.69, 9.17) is 4.52 Å². The average Bonchev–Trinajstić information content (AvgIpc) is 3.14. The molecule has 1 aromatic carbocycles. The number of hydrogen-bond donors (Lipinski definition) is 1. The van der Waals surface area contributed by atoms with Crippen LogP contribution < -0.4 is 5.32 Å². The van der Waals surface area contributed by atoms with Crippen LogP contribution in [0.4, 0.5) is 0 Å². The molecule has 0 spiro atoms. The Balaban J connectivity index is 1.68. The molecule has 0 aliphatic heterocycles. The summed E-state index contributed by atoms with van der Waals surface area (Å²) in [5.41, 5.74) is 3.80. The molecule has 0 aliphatic rings. The van der Waals surface area contributed by atoms with E-state index >= 15 is 0 Å². The molecule has 1 atom stereocenters. The first-order valence-corrected chi connectivity index (χ1v) is 12.1. The highest BCUT2D eigenvalue weighted by molar-refractivity contribution is 7.98. The van der Waals surface area contributed by atoms with Gasteiger partial charge in [-0.25, -0.2) is 4.98 Å². The van der Waals surface area contributed by atoms with E-state index in [0.717, 1.165) is 36.5 Å². The fraction of sp³-hybridized carbons (Fsp3) is 0.400. The first-order chi connectivity index (χ1) is 15.5. The average molecular weight is 453 g/mol. The molecule has 1 unspecified atom stereocenters. The van der Waals surface area contributed by atoms with Gasteiger partial charge < -0.3 is 9.84 Å². The van der Waals surface area contributed by atoms with Gasteiger partial charge in [-0.05, 0) is 51.1 Å². The van der Waals surface area contributed by atoms with Crippen molar-refractivity contribution in [2.24, 2.45) is 0 Å². The van der Waals surface area contributed by atoms with Gasteiger partial charge in [0, 0.05) is 30.1 Å². The first-order valence-electron chi connectivity index (χ1n) is 11.1. The van der Waals surface area contributed by atoms with Crippen LogP contribution in [-0.2, 0) is 12.2 Å². The summed E-state index contributed by atoms with van der Waals surface area (Å²) in [6.07, 6.45) is 2.62. The maximum Gasteiger partial charge on any atom is 0.254 e. The summed E-state index contributed by atoms with van der Waals surface area (Å²) in [4.78, 5) is 20.0. The molecule has 0 fully saturated rings. The van der Waals surface area contributed by atoms with Crippen molar-refractivity contribution in [3.63, 3.8) is 0 Å². The van der Waals surface area contributed by atoms with Crippen LogP contribution in [-0.4, -0.2) is 46.6 Å². The zero-order valence-electron chi connectivity index (χ0n) is 19.3. The van der Waals surface area contributed by atoms with Crippen LogP contribution in [0.5, 0.6) is 0 Å². The number of nitrogens with zero attached hydrogens (tertiary/aromatic N) is 3. The van der Waals surface area contributed by atoms with E-state index in [1.54, 1.807) is 12.3 Å². The van der Waals surface area contributed by atoms with Gasteiger partial charge in [0.05, 0.1) is 11.3 Å². The summed E-state index contributed by atoms with van der Waals surface area (Å²) in [5.74, 6) is 1.37. The van der Waals surface area contributed by atoms with Gasteiger partial charge in [0.15, 0.2) is 0 Å². The molecule has 2 heterocycles. The molecule has 7 heteroatoms. The molecule has 3 rings (SSSR count). The second kappa shape index (κ2) is 11.8. The molecule has 0 saturated heterocycles. The van der Waals surface area contributed by atoms with Gasteiger partial charge in [-0.3, -0.25) is 9.69 Å². The fourth-order valence-corrected chi connectivity index (χ4v) is 4.93. The van der Waals surface area contributed by atoms with E-state index in [0.29, 0.717) is 22.9 Å². The van der Waals surface area contributed by atoms with Gasteiger partial charge in [-0.1, -0.05) is 49.3 Å². The number of aryl methyl sites for hydroxylation is 2. The number of nitrogens with one attached hydrogen (secondary N) is 1. The molecule has 0 bridgehead atoms. The Labute approximate surface area is 194 Å². The lowest BCUT2D eigenvalue weighted by atomic mass is 10.0. The number of aromatic nitrogens is 2. The molecular formula is C25H32N4O2S. The summed E-state index contributed by atoms with van der Waals surface area (Å²) in [5, 5.41) is 7.88. The van der Waals surface area contributed by atoms with Crippen molar-refractivity contribution in [3.8, 4) is 0 Å². The fourth-order valence-electron chi connectivity index (χ4n) is 3.79. The minimum absolute atomic E-state index is 0.0930. The van der Waals surface area contributed by atoms with E-state index in [-0.39, 0.29) is 11.9 Å². The molecule has 0 radical (unpaired) electrons. The highest BCUT2D eigenvalue weighted by Gasteiger charge is 2.20. The Hall–Kier alpha value is -2.64. The van der Waals surface area contributed by atoms with Crippen LogP contribution in [0.2, 0.25) is 0 Å². The second-order valence-corrected chi connectivity index (χ2v) is 8.69. The summed E-state index contributed by atoms with van der Waals surface area (Å²) < 4.78 is 5.25. The minimum Gasteiger partial charge on any atom is -0.361 e. The third-order valence-electron chi connectivity index (χ3n) is 5.69. The van der Waals surface area contributed by atoms with E-state index in [1.165, 1.54) is 17.3 Å². The number of pyridine rings is 1. The highest BCUT2D eigenvalue weighted by Crippen LogP contribution is 2.27. The molecule has 2 aromatic heterocycles. The lowest BCUT2D eigenvalue weighted by molar-refractivity contribution is 0.0931. The van der Waals surface area contributed by atoms with Crippen molar-refractivity contribution < 1.29 is 9.32 Å². The van der Waals surface area contributed by atoms with Crippen LogP contribution in [0.3, 0.4) is 0 Å². The predicted octanol–water partition coefficient (Wildman–Crippen LogP) is 4.66. The number of rotatable bonds is 11. The van der Waals surface area contributed by atoms with Crippen molar-refractivity contribution in [3.05, 3.63) is 76.8 Å². The Kier molecular flexibility index (Phi) is 8.88. The maximum absolute atomic E-state index is 13.1. The van der Waals surface area contributed by atoms with Gasteiger partial charge in [0.1, 0.15) is 10.8 Å². The summed E-state index contributed by atoms with van der Waals surface area (Å²) in [6.45, 7) is 10.6. The van der Waals surface area contributed by atoms with E-state index < -0.39 is 0 Å². The zero-order valence-corrected chi connectivity index (χ0v) is 20.1.